The minimum Gasteiger partial charge on any atom is -0.491 e. The summed E-state index contributed by atoms with van der Waals surface area (Å²) in [5.74, 6) is 1.13. The van der Waals surface area contributed by atoms with E-state index >= 15 is 0 Å². The van der Waals surface area contributed by atoms with Gasteiger partial charge in [-0.15, -0.1) is 0 Å². The van der Waals surface area contributed by atoms with Crippen molar-refractivity contribution in [2.75, 3.05) is 13.2 Å². The smallest absolute Gasteiger partial charge is 0.270 e. The second-order valence-corrected chi connectivity index (χ2v) is 8.34. The molecule has 6 nitrogen and oxygen atoms in total. The van der Waals surface area contributed by atoms with E-state index in [4.69, 9.17) is 4.74 Å². The summed E-state index contributed by atoms with van der Waals surface area (Å²) in [5.41, 5.74) is 5.92. The molecule has 6 rings (SSSR count). The zero-order chi connectivity index (χ0) is 22.5. The molecule has 0 bridgehead atoms. The molecule has 1 amide bonds. The summed E-state index contributed by atoms with van der Waals surface area (Å²) in [6.07, 6.45) is 0. The number of H-pyrrole nitrogens is 2. The van der Waals surface area contributed by atoms with Crippen LogP contribution in [-0.2, 0) is 6.54 Å². The molecule has 1 aliphatic heterocycles. The maximum absolute atomic E-state index is 14.1. The molecule has 2 N–H and O–H groups in total. The lowest BCUT2D eigenvalue weighted by Gasteiger charge is -2.19. The van der Waals surface area contributed by atoms with E-state index < -0.39 is 0 Å². The van der Waals surface area contributed by atoms with Crippen molar-refractivity contribution in [1.82, 2.24) is 19.9 Å². The predicted molar refractivity (Wildman–Crippen MR) is 127 cm³/mol. The lowest BCUT2D eigenvalue weighted by atomic mass is 10.0. The molecule has 0 fully saturated rings. The zero-order valence-electron chi connectivity index (χ0n) is 18.0. The Kier molecular flexibility index (Phi) is 4.43. The van der Waals surface area contributed by atoms with E-state index in [1.165, 1.54) is 6.07 Å². The maximum Gasteiger partial charge on any atom is 0.270 e. The lowest BCUT2D eigenvalue weighted by molar-refractivity contribution is 0.0728. The molecule has 2 aromatic heterocycles. The number of aromatic nitrogens is 3. The van der Waals surface area contributed by atoms with Gasteiger partial charge in [-0.05, 0) is 60.5 Å². The van der Waals surface area contributed by atoms with Crippen molar-refractivity contribution < 1.29 is 15.3 Å². The molecule has 5 aromatic rings. The van der Waals surface area contributed by atoms with Crippen LogP contribution in [0.5, 0.6) is 5.75 Å². The van der Waals surface area contributed by atoms with Crippen LogP contribution >= 0.6 is 0 Å². The van der Waals surface area contributed by atoms with E-state index in [2.05, 4.69) is 27.1 Å². The SMILES string of the molecule is Cc1nc2ccc(-c3ccc4c(c3)CN(C(=O)c3cc5c(F)cccc5[nH]3)CCO4)cc2[nH]1.[HH]. The highest BCUT2D eigenvalue weighted by Gasteiger charge is 2.23. The number of amides is 1. The third-order valence-corrected chi connectivity index (χ3v) is 6.10. The molecule has 3 aromatic carbocycles. The summed E-state index contributed by atoms with van der Waals surface area (Å²) >= 11 is 0. The second kappa shape index (κ2) is 7.48. The Morgan fingerprint density at radius 2 is 1.91 bits per heavy atom. The van der Waals surface area contributed by atoms with E-state index in [1.807, 2.05) is 31.2 Å². The van der Waals surface area contributed by atoms with Crippen molar-refractivity contribution in [1.29, 1.82) is 0 Å². The summed E-state index contributed by atoms with van der Waals surface area (Å²) in [4.78, 5) is 25.8. The number of carbonyl (C=O) groups is 1. The van der Waals surface area contributed by atoms with Crippen LogP contribution in [0, 0.1) is 12.7 Å². The number of aryl methyl sites for hydroxylation is 1. The van der Waals surface area contributed by atoms with Gasteiger partial charge in [-0.2, -0.15) is 0 Å². The van der Waals surface area contributed by atoms with E-state index in [1.54, 1.807) is 23.1 Å². The van der Waals surface area contributed by atoms with Gasteiger partial charge in [0, 0.05) is 24.4 Å². The number of hydrogen-bond donors (Lipinski definition) is 2. The van der Waals surface area contributed by atoms with Crippen molar-refractivity contribution in [3.05, 3.63) is 83.6 Å². The first-order chi connectivity index (χ1) is 16.0. The molecule has 1 aliphatic rings. The van der Waals surface area contributed by atoms with Gasteiger partial charge in [-0.1, -0.05) is 18.2 Å². The Morgan fingerprint density at radius 1 is 1.06 bits per heavy atom. The topological polar surface area (TPSA) is 74.0 Å². The average molecular weight is 442 g/mol. The number of nitrogens with zero attached hydrogens (tertiary/aromatic N) is 2. The molecule has 166 valence electrons. The molecular weight excluding hydrogens is 419 g/mol. The number of carbonyl (C=O) groups excluding carboxylic acids is 1. The molecule has 3 heterocycles. The zero-order valence-corrected chi connectivity index (χ0v) is 18.0. The average Bonchev–Trinajstić information content (AvgIpc) is 3.35. The monoisotopic (exact) mass is 442 g/mol. The summed E-state index contributed by atoms with van der Waals surface area (Å²) in [6, 6.07) is 18.5. The Hall–Kier alpha value is -4.13. The van der Waals surface area contributed by atoms with Gasteiger partial charge in [0.05, 0.1) is 17.6 Å². The molecule has 0 atom stereocenters. The van der Waals surface area contributed by atoms with Crippen LogP contribution < -0.4 is 4.74 Å². The van der Waals surface area contributed by atoms with Crippen LogP contribution in [0.2, 0.25) is 0 Å². The van der Waals surface area contributed by atoms with Gasteiger partial charge in [0.1, 0.15) is 29.7 Å². The Morgan fingerprint density at radius 3 is 2.79 bits per heavy atom. The van der Waals surface area contributed by atoms with Crippen LogP contribution in [0.15, 0.2) is 60.7 Å². The number of ether oxygens (including phenoxy) is 1. The third-order valence-electron chi connectivity index (χ3n) is 6.10. The molecule has 0 radical (unpaired) electrons. The normalized spacial score (nSPS) is 13.7. The number of halogens is 1. The Bertz CT molecular complexity index is 1540. The number of benzene rings is 3. The van der Waals surface area contributed by atoms with E-state index in [9.17, 15) is 9.18 Å². The predicted octanol–water partition coefficient (Wildman–Crippen LogP) is 5.44. The number of rotatable bonds is 2. The molecule has 0 spiro atoms. The largest absolute Gasteiger partial charge is 0.491 e. The van der Waals surface area contributed by atoms with Crippen molar-refractivity contribution in [2.24, 2.45) is 0 Å². The fraction of sp³-hybridized carbons (Fsp3) is 0.154. The second-order valence-electron chi connectivity index (χ2n) is 8.34. The van der Waals surface area contributed by atoms with Crippen LogP contribution in [0.4, 0.5) is 4.39 Å². The van der Waals surface area contributed by atoms with Crippen molar-refractivity contribution in [3.8, 4) is 16.9 Å². The molecule has 0 saturated carbocycles. The van der Waals surface area contributed by atoms with Crippen LogP contribution in [0.1, 0.15) is 23.3 Å². The van der Waals surface area contributed by atoms with Gasteiger partial charge in [-0.25, -0.2) is 9.37 Å². The highest BCUT2D eigenvalue weighted by molar-refractivity contribution is 5.98. The quantitative estimate of drug-likeness (QED) is 0.382. The molecule has 33 heavy (non-hydrogen) atoms. The lowest BCUT2D eigenvalue weighted by Crippen LogP contribution is -2.32. The Balaban J connectivity index is 0.00000241. The first kappa shape index (κ1) is 19.5. The summed E-state index contributed by atoms with van der Waals surface area (Å²) < 4.78 is 20.0. The number of nitrogens with one attached hydrogen (secondary N) is 2. The molecule has 0 saturated heterocycles. The standard InChI is InChI=1S/C26H21FN4O2.H2/c1-15-28-22-7-5-17(12-23(22)29-15)16-6-8-25-18(11-16)14-31(9-10-33-25)26(32)24-13-19-20(27)3-2-4-21(19)30-24;/h2-8,11-13,30H,9-10,14H2,1H3,(H,28,29);1H. The van der Waals surface area contributed by atoms with Crippen LogP contribution in [0.3, 0.4) is 0 Å². The third kappa shape index (κ3) is 3.42. The summed E-state index contributed by atoms with van der Waals surface area (Å²) in [5, 5.41) is 0.416. The van der Waals surface area contributed by atoms with Crippen molar-refractivity contribution in [3.63, 3.8) is 0 Å². The number of hydrogen-bond acceptors (Lipinski definition) is 3. The number of fused-ring (bicyclic) bond motifs is 3. The first-order valence-electron chi connectivity index (χ1n) is 10.8. The maximum atomic E-state index is 14.1. The highest BCUT2D eigenvalue weighted by atomic mass is 19.1. The fourth-order valence-corrected chi connectivity index (χ4v) is 4.47. The summed E-state index contributed by atoms with van der Waals surface area (Å²) in [6.45, 7) is 3.18. The van der Waals surface area contributed by atoms with Crippen LogP contribution in [0.25, 0.3) is 33.1 Å². The van der Waals surface area contributed by atoms with Crippen LogP contribution in [-0.4, -0.2) is 38.9 Å². The van der Waals surface area contributed by atoms with E-state index in [-0.39, 0.29) is 13.2 Å². The van der Waals surface area contributed by atoms with Gasteiger partial charge < -0.3 is 19.6 Å². The van der Waals surface area contributed by atoms with E-state index in [0.717, 1.165) is 39.3 Å². The van der Waals surface area contributed by atoms with Gasteiger partial charge in [0.15, 0.2) is 0 Å². The van der Waals surface area contributed by atoms with Gasteiger partial charge in [0.25, 0.3) is 5.91 Å². The van der Waals surface area contributed by atoms with Gasteiger partial charge in [-0.3, -0.25) is 4.79 Å². The highest BCUT2D eigenvalue weighted by Crippen LogP contribution is 2.31. The Labute approximate surface area is 190 Å². The molecule has 0 aliphatic carbocycles. The molecule has 0 unspecified atom stereocenters. The first-order valence-corrected chi connectivity index (χ1v) is 10.8. The minimum absolute atomic E-state index is 0. The van der Waals surface area contributed by atoms with E-state index in [0.29, 0.717) is 36.3 Å². The van der Waals surface area contributed by atoms with Gasteiger partial charge >= 0.3 is 0 Å². The minimum atomic E-state index is -0.346. The van der Waals surface area contributed by atoms with Crippen molar-refractivity contribution >= 4 is 27.8 Å². The molecule has 7 heteroatoms. The van der Waals surface area contributed by atoms with Gasteiger partial charge in [0.2, 0.25) is 0 Å². The fourth-order valence-electron chi connectivity index (χ4n) is 4.47. The number of aromatic amines is 2. The van der Waals surface area contributed by atoms with Crippen molar-refractivity contribution in [2.45, 2.75) is 13.5 Å². The molecular formula is C26H23FN4O2. The summed E-state index contributed by atoms with van der Waals surface area (Å²) in [7, 11) is 0. The number of imidazole rings is 1.